The fraction of sp³-hybridized carbons (Fsp3) is 0.636. The van der Waals surface area contributed by atoms with E-state index in [9.17, 15) is 9.59 Å². The number of rotatable bonds is 4. The molecule has 1 fully saturated rings. The number of aliphatic carboxylic acids is 1. The highest BCUT2D eigenvalue weighted by atomic mass is 16.4. The Kier molecular flexibility index (Phi) is 3.91. The van der Waals surface area contributed by atoms with Crippen LogP contribution in [0.3, 0.4) is 0 Å². The molecule has 1 saturated carbocycles. The maximum atomic E-state index is 11.8. The summed E-state index contributed by atoms with van der Waals surface area (Å²) in [7, 11) is 0. The fourth-order valence-corrected chi connectivity index (χ4v) is 1.85. The predicted octanol–water partition coefficient (Wildman–Crippen LogP) is -0.149. The van der Waals surface area contributed by atoms with Crippen molar-refractivity contribution < 1.29 is 14.7 Å². The number of carbonyl (C=O) groups is 2. The van der Waals surface area contributed by atoms with Crippen LogP contribution in [0.4, 0.5) is 0 Å². The van der Waals surface area contributed by atoms with E-state index in [1.165, 1.54) is 0 Å². The molecule has 0 aromatic carbocycles. The zero-order valence-electron chi connectivity index (χ0n) is 9.03. The second kappa shape index (κ2) is 4.99. The van der Waals surface area contributed by atoms with Gasteiger partial charge in [0.2, 0.25) is 5.91 Å². The molecule has 0 saturated heterocycles. The summed E-state index contributed by atoms with van der Waals surface area (Å²) in [5.74, 6) is 0.680. The summed E-state index contributed by atoms with van der Waals surface area (Å²) in [4.78, 5) is 22.6. The molecule has 5 nitrogen and oxygen atoms in total. The molecule has 0 aromatic heterocycles. The van der Waals surface area contributed by atoms with Crippen LogP contribution >= 0.6 is 0 Å². The number of amides is 1. The maximum absolute atomic E-state index is 11.8. The quantitative estimate of drug-likeness (QED) is 0.579. The summed E-state index contributed by atoms with van der Waals surface area (Å²) in [6, 6.07) is -1.04. The number of hydrogen-bond donors (Lipinski definition) is 3. The van der Waals surface area contributed by atoms with Gasteiger partial charge in [-0.3, -0.25) is 4.79 Å². The number of hydrogen-bond acceptors (Lipinski definition) is 3. The molecule has 0 radical (unpaired) electrons. The van der Waals surface area contributed by atoms with Crippen molar-refractivity contribution in [1.82, 2.24) is 5.32 Å². The van der Waals surface area contributed by atoms with Crippen molar-refractivity contribution in [2.45, 2.75) is 43.7 Å². The number of carboxylic acid groups (broad SMARTS) is 1. The third-order valence-electron chi connectivity index (χ3n) is 2.87. The highest BCUT2D eigenvalue weighted by Crippen LogP contribution is 2.27. The summed E-state index contributed by atoms with van der Waals surface area (Å²) in [5.41, 5.74) is 4.98. The van der Waals surface area contributed by atoms with Gasteiger partial charge in [-0.25, -0.2) is 4.79 Å². The van der Waals surface area contributed by atoms with Crippen LogP contribution < -0.4 is 11.1 Å². The van der Waals surface area contributed by atoms with Gasteiger partial charge < -0.3 is 16.2 Å². The minimum Gasteiger partial charge on any atom is -0.480 e. The average molecular weight is 224 g/mol. The Bertz CT molecular complexity index is 327. The molecule has 0 spiro atoms. The lowest BCUT2D eigenvalue weighted by Gasteiger charge is -2.24. The van der Waals surface area contributed by atoms with E-state index in [0.29, 0.717) is 12.8 Å². The van der Waals surface area contributed by atoms with E-state index in [4.69, 9.17) is 17.3 Å². The molecule has 1 aliphatic rings. The number of carbonyl (C=O) groups excluding carboxylic acids is 1. The summed E-state index contributed by atoms with van der Waals surface area (Å²) < 4.78 is 0. The van der Waals surface area contributed by atoms with Crippen LogP contribution in [-0.2, 0) is 9.59 Å². The van der Waals surface area contributed by atoms with Crippen molar-refractivity contribution in [2.75, 3.05) is 0 Å². The van der Waals surface area contributed by atoms with Crippen molar-refractivity contribution in [2.24, 2.45) is 5.73 Å². The SMILES string of the molecule is C#CCC(NC(=O)C1(N)CCCC1)C(=O)O. The Morgan fingerprint density at radius 3 is 2.50 bits per heavy atom. The van der Waals surface area contributed by atoms with E-state index in [1.54, 1.807) is 0 Å². The van der Waals surface area contributed by atoms with Crippen LogP contribution in [0.5, 0.6) is 0 Å². The third kappa shape index (κ3) is 2.74. The standard InChI is InChI=1S/C11H16N2O3/c1-2-5-8(9(14)15)13-10(16)11(12)6-3-4-7-11/h1,8H,3-7,12H2,(H,13,16)(H,14,15). The first-order valence-electron chi connectivity index (χ1n) is 5.26. The molecule has 5 heteroatoms. The molecule has 1 amide bonds. The first-order chi connectivity index (χ1) is 7.49. The Morgan fingerprint density at radius 2 is 2.06 bits per heavy atom. The van der Waals surface area contributed by atoms with Crippen molar-refractivity contribution >= 4 is 11.9 Å². The first-order valence-corrected chi connectivity index (χ1v) is 5.26. The minimum absolute atomic E-state index is 0.0306. The maximum Gasteiger partial charge on any atom is 0.327 e. The summed E-state index contributed by atoms with van der Waals surface area (Å²) in [6.07, 6.45) is 8.00. The molecule has 1 unspecified atom stereocenters. The lowest BCUT2D eigenvalue weighted by molar-refractivity contribution is -0.142. The smallest absolute Gasteiger partial charge is 0.327 e. The van der Waals surface area contributed by atoms with Gasteiger partial charge in [0, 0.05) is 6.42 Å². The fourth-order valence-electron chi connectivity index (χ4n) is 1.85. The van der Waals surface area contributed by atoms with E-state index in [-0.39, 0.29) is 6.42 Å². The van der Waals surface area contributed by atoms with Crippen LogP contribution in [0.2, 0.25) is 0 Å². The van der Waals surface area contributed by atoms with Crippen LogP contribution in [-0.4, -0.2) is 28.6 Å². The zero-order chi connectivity index (χ0) is 12.2. The second-order valence-electron chi connectivity index (χ2n) is 4.14. The number of nitrogens with two attached hydrogens (primary N) is 1. The molecule has 16 heavy (non-hydrogen) atoms. The van der Waals surface area contributed by atoms with Crippen LogP contribution in [0.25, 0.3) is 0 Å². The molecule has 4 N–H and O–H groups in total. The predicted molar refractivity (Wildman–Crippen MR) is 58.4 cm³/mol. The zero-order valence-corrected chi connectivity index (χ0v) is 9.03. The minimum atomic E-state index is -1.13. The van der Waals surface area contributed by atoms with Gasteiger partial charge in [0.15, 0.2) is 0 Å². The Balaban J connectivity index is 2.61. The second-order valence-corrected chi connectivity index (χ2v) is 4.14. The number of carboxylic acids is 1. The molecule has 0 heterocycles. The van der Waals surface area contributed by atoms with Gasteiger partial charge >= 0.3 is 5.97 Å². The van der Waals surface area contributed by atoms with E-state index < -0.39 is 23.5 Å². The number of nitrogens with one attached hydrogen (secondary N) is 1. The van der Waals surface area contributed by atoms with Gasteiger partial charge in [-0.05, 0) is 12.8 Å². The van der Waals surface area contributed by atoms with Gasteiger partial charge in [0.25, 0.3) is 0 Å². The monoisotopic (exact) mass is 224 g/mol. The van der Waals surface area contributed by atoms with Gasteiger partial charge in [-0.2, -0.15) is 0 Å². The molecule has 0 aromatic rings. The first kappa shape index (κ1) is 12.5. The van der Waals surface area contributed by atoms with E-state index in [2.05, 4.69) is 11.2 Å². The van der Waals surface area contributed by atoms with Gasteiger partial charge in [-0.15, -0.1) is 12.3 Å². The Hall–Kier alpha value is -1.54. The van der Waals surface area contributed by atoms with Crippen molar-refractivity contribution in [3.05, 3.63) is 0 Å². The van der Waals surface area contributed by atoms with E-state index in [0.717, 1.165) is 12.8 Å². The highest BCUT2D eigenvalue weighted by Gasteiger charge is 2.38. The summed E-state index contributed by atoms with van der Waals surface area (Å²) in [6.45, 7) is 0. The lowest BCUT2D eigenvalue weighted by atomic mass is 9.97. The van der Waals surface area contributed by atoms with Gasteiger partial charge in [0.05, 0.1) is 5.54 Å². The average Bonchev–Trinajstić information content (AvgIpc) is 2.65. The van der Waals surface area contributed by atoms with E-state index >= 15 is 0 Å². The Morgan fingerprint density at radius 1 is 1.50 bits per heavy atom. The largest absolute Gasteiger partial charge is 0.480 e. The van der Waals surface area contributed by atoms with Crippen molar-refractivity contribution in [1.29, 1.82) is 0 Å². The van der Waals surface area contributed by atoms with E-state index in [1.807, 2.05) is 0 Å². The topological polar surface area (TPSA) is 92.4 Å². The number of terminal acetylenes is 1. The summed E-state index contributed by atoms with van der Waals surface area (Å²) in [5, 5.41) is 11.2. The molecule has 0 aliphatic heterocycles. The van der Waals surface area contributed by atoms with Crippen molar-refractivity contribution in [3.8, 4) is 12.3 Å². The highest BCUT2D eigenvalue weighted by molar-refractivity contribution is 5.90. The molecule has 1 rings (SSSR count). The van der Waals surface area contributed by atoms with Crippen molar-refractivity contribution in [3.63, 3.8) is 0 Å². The van der Waals surface area contributed by atoms with Crippen LogP contribution in [0.1, 0.15) is 32.1 Å². The Labute approximate surface area is 94.4 Å². The lowest BCUT2D eigenvalue weighted by Crippen LogP contribution is -2.55. The molecular formula is C11H16N2O3. The molecule has 1 atom stereocenters. The normalized spacial score (nSPS) is 19.8. The molecule has 88 valence electrons. The van der Waals surface area contributed by atoms with Gasteiger partial charge in [0.1, 0.15) is 6.04 Å². The van der Waals surface area contributed by atoms with Crippen LogP contribution in [0, 0.1) is 12.3 Å². The molecule has 0 bridgehead atoms. The summed E-state index contributed by atoms with van der Waals surface area (Å²) >= 11 is 0. The molecular weight excluding hydrogens is 208 g/mol. The third-order valence-corrected chi connectivity index (χ3v) is 2.87. The van der Waals surface area contributed by atoms with Gasteiger partial charge in [-0.1, -0.05) is 12.8 Å². The van der Waals surface area contributed by atoms with Crippen LogP contribution in [0.15, 0.2) is 0 Å². The molecule has 1 aliphatic carbocycles.